The van der Waals surface area contributed by atoms with E-state index in [1.54, 1.807) is 24.1 Å². The van der Waals surface area contributed by atoms with Gasteiger partial charge in [0.15, 0.2) is 0 Å². The van der Waals surface area contributed by atoms with Gasteiger partial charge in [-0.2, -0.15) is 18.3 Å². The van der Waals surface area contributed by atoms with Crippen LogP contribution in [0, 0.1) is 5.92 Å². The molecule has 134 valence electrons. The fourth-order valence-corrected chi connectivity index (χ4v) is 3.01. The Balaban J connectivity index is 1.76. The summed E-state index contributed by atoms with van der Waals surface area (Å²) >= 11 is 0. The number of aryl methyl sites for hydroxylation is 1. The van der Waals surface area contributed by atoms with Gasteiger partial charge in [0.1, 0.15) is 0 Å². The number of halogens is 3. The maximum Gasteiger partial charge on any atom is 0.416 e. The Hall–Kier alpha value is -2.35. The largest absolute Gasteiger partial charge is 0.416 e. The third-order valence-corrected chi connectivity index (χ3v) is 4.47. The number of aliphatic hydroxyl groups excluding tert-OH is 1. The van der Waals surface area contributed by atoms with Crippen LogP contribution in [0.25, 0.3) is 0 Å². The summed E-state index contributed by atoms with van der Waals surface area (Å²) in [5.74, 6) is -0.387. The van der Waals surface area contributed by atoms with Gasteiger partial charge in [-0.25, -0.2) is 0 Å². The fourth-order valence-electron chi connectivity index (χ4n) is 3.01. The molecule has 1 amide bonds. The maximum absolute atomic E-state index is 12.6. The summed E-state index contributed by atoms with van der Waals surface area (Å²) in [6, 6.07) is 3.76. The van der Waals surface area contributed by atoms with E-state index in [1.807, 2.05) is 0 Å². The Morgan fingerprint density at radius 3 is 2.44 bits per heavy atom. The summed E-state index contributed by atoms with van der Waals surface area (Å²) in [7, 11) is 1.76. The number of rotatable bonds is 4. The number of hydrogen-bond donors (Lipinski definition) is 2. The molecule has 0 saturated heterocycles. The summed E-state index contributed by atoms with van der Waals surface area (Å²) < 4.78 is 39.5. The average molecular weight is 353 g/mol. The Morgan fingerprint density at radius 1 is 1.32 bits per heavy atom. The number of aliphatic hydroxyl groups is 1. The van der Waals surface area contributed by atoms with E-state index in [4.69, 9.17) is 0 Å². The van der Waals surface area contributed by atoms with Crippen LogP contribution >= 0.6 is 0 Å². The van der Waals surface area contributed by atoms with Gasteiger partial charge < -0.3 is 10.4 Å². The summed E-state index contributed by atoms with van der Waals surface area (Å²) in [6.45, 7) is 0. The van der Waals surface area contributed by atoms with Gasteiger partial charge in [-0.1, -0.05) is 0 Å². The number of nitrogens with one attached hydrogen (secondary N) is 1. The fraction of sp³-hybridized carbons (Fsp3) is 0.412. The van der Waals surface area contributed by atoms with Crippen LogP contribution in [0.1, 0.15) is 40.4 Å². The molecule has 1 heterocycles. The molecule has 1 saturated carbocycles. The topological polar surface area (TPSA) is 67.2 Å². The number of carbonyl (C=O) groups excluding carboxylic acids is 1. The molecule has 1 aliphatic carbocycles. The molecule has 3 rings (SSSR count). The van der Waals surface area contributed by atoms with Crippen LogP contribution in [0.4, 0.5) is 13.2 Å². The zero-order valence-electron chi connectivity index (χ0n) is 13.5. The molecule has 5 nitrogen and oxygen atoms in total. The second-order valence-corrected chi connectivity index (χ2v) is 6.36. The lowest BCUT2D eigenvalue weighted by atomic mass is 9.75. The smallest absolute Gasteiger partial charge is 0.393 e. The van der Waals surface area contributed by atoms with Gasteiger partial charge in [-0.3, -0.25) is 9.48 Å². The summed E-state index contributed by atoms with van der Waals surface area (Å²) in [5, 5.41) is 16.5. The van der Waals surface area contributed by atoms with E-state index in [0.29, 0.717) is 12.8 Å². The first kappa shape index (κ1) is 17.5. The molecule has 25 heavy (non-hydrogen) atoms. The van der Waals surface area contributed by atoms with E-state index < -0.39 is 17.6 Å². The zero-order chi connectivity index (χ0) is 18.2. The number of carbonyl (C=O) groups is 1. The van der Waals surface area contributed by atoms with Crippen molar-refractivity contribution < 1.29 is 23.1 Å². The van der Waals surface area contributed by atoms with Crippen LogP contribution in [0.5, 0.6) is 0 Å². The predicted molar refractivity (Wildman–Crippen MR) is 83.6 cm³/mol. The van der Waals surface area contributed by atoms with Crippen molar-refractivity contribution in [3.63, 3.8) is 0 Å². The van der Waals surface area contributed by atoms with E-state index in [9.17, 15) is 23.1 Å². The molecule has 1 aromatic heterocycles. The van der Waals surface area contributed by atoms with Crippen molar-refractivity contribution in [3.8, 4) is 0 Å². The van der Waals surface area contributed by atoms with E-state index >= 15 is 0 Å². The minimum atomic E-state index is -4.44. The number of alkyl halides is 3. The number of benzene rings is 1. The van der Waals surface area contributed by atoms with Crippen molar-refractivity contribution in [2.75, 3.05) is 0 Å². The highest BCUT2D eigenvalue weighted by Gasteiger charge is 2.36. The van der Waals surface area contributed by atoms with Gasteiger partial charge in [-0.15, -0.1) is 0 Å². The molecule has 1 atom stereocenters. The quantitative estimate of drug-likeness (QED) is 0.888. The van der Waals surface area contributed by atoms with Crippen molar-refractivity contribution in [1.82, 2.24) is 15.1 Å². The van der Waals surface area contributed by atoms with Crippen LogP contribution in [0.2, 0.25) is 0 Å². The monoisotopic (exact) mass is 353 g/mol. The SMILES string of the molecule is Cn1cc([C@H](NC(=O)c2ccc(C(F)(F)F)cc2)C2CC(O)C2)cn1. The predicted octanol–water partition coefficient (Wildman–Crippen LogP) is 2.68. The molecular weight excluding hydrogens is 335 g/mol. The molecule has 1 aliphatic rings. The van der Waals surface area contributed by atoms with E-state index in [0.717, 1.165) is 29.8 Å². The Bertz CT molecular complexity index is 749. The minimum Gasteiger partial charge on any atom is -0.393 e. The first-order valence-electron chi connectivity index (χ1n) is 7.89. The molecule has 2 N–H and O–H groups in total. The Morgan fingerprint density at radius 2 is 1.96 bits per heavy atom. The maximum atomic E-state index is 12.6. The molecule has 0 radical (unpaired) electrons. The summed E-state index contributed by atoms with van der Waals surface area (Å²) in [4.78, 5) is 12.4. The lowest BCUT2D eigenvalue weighted by Crippen LogP contribution is -2.41. The highest BCUT2D eigenvalue weighted by atomic mass is 19.4. The Kier molecular flexibility index (Phi) is 4.55. The second-order valence-electron chi connectivity index (χ2n) is 6.36. The molecular formula is C17H18F3N3O2. The van der Waals surface area contributed by atoms with Crippen molar-refractivity contribution in [2.45, 2.75) is 31.2 Å². The molecule has 1 fully saturated rings. The zero-order valence-corrected chi connectivity index (χ0v) is 13.5. The van der Waals surface area contributed by atoms with E-state index in [2.05, 4.69) is 10.4 Å². The van der Waals surface area contributed by atoms with E-state index in [-0.39, 0.29) is 23.6 Å². The lowest BCUT2D eigenvalue weighted by molar-refractivity contribution is -0.137. The van der Waals surface area contributed by atoms with Crippen LogP contribution in [-0.2, 0) is 13.2 Å². The van der Waals surface area contributed by atoms with Crippen molar-refractivity contribution >= 4 is 5.91 Å². The van der Waals surface area contributed by atoms with Gasteiger partial charge in [0.05, 0.1) is 23.9 Å². The minimum absolute atomic E-state index is 0.0672. The van der Waals surface area contributed by atoms with Crippen LogP contribution in [0.15, 0.2) is 36.7 Å². The van der Waals surface area contributed by atoms with E-state index in [1.165, 1.54) is 0 Å². The molecule has 1 aromatic carbocycles. The van der Waals surface area contributed by atoms with Gasteiger partial charge in [0.25, 0.3) is 5.91 Å². The summed E-state index contributed by atoms with van der Waals surface area (Å²) in [6.07, 6.45) is -0.271. The first-order valence-corrected chi connectivity index (χ1v) is 7.89. The molecule has 0 bridgehead atoms. The molecule has 8 heteroatoms. The van der Waals surface area contributed by atoms with Crippen molar-refractivity contribution in [1.29, 1.82) is 0 Å². The number of hydrogen-bond acceptors (Lipinski definition) is 3. The Labute approximate surface area is 142 Å². The standard InChI is InChI=1S/C17H18F3N3O2/c1-23-9-12(8-21-23)15(11-6-14(24)7-11)22-16(25)10-2-4-13(5-3-10)17(18,19)20/h2-5,8-9,11,14-15,24H,6-7H2,1H3,(H,22,25)/t11?,14?,15-/m1/s1. The van der Waals surface area contributed by atoms with Crippen molar-refractivity contribution in [3.05, 3.63) is 53.3 Å². The number of aromatic nitrogens is 2. The van der Waals surface area contributed by atoms with Gasteiger partial charge >= 0.3 is 6.18 Å². The second kappa shape index (κ2) is 6.51. The molecule has 0 unspecified atom stereocenters. The lowest BCUT2D eigenvalue weighted by Gasteiger charge is -2.37. The van der Waals surface area contributed by atoms with Gasteiger partial charge in [0.2, 0.25) is 0 Å². The highest BCUT2D eigenvalue weighted by Crippen LogP contribution is 2.38. The van der Waals surface area contributed by atoms with Crippen LogP contribution in [0.3, 0.4) is 0 Å². The first-order chi connectivity index (χ1) is 11.7. The molecule has 0 spiro atoms. The average Bonchev–Trinajstić information content (AvgIpc) is 2.95. The van der Waals surface area contributed by atoms with Gasteiger partial charge in [-0.05, 0) is 43.0 Å². The van der Waals surface area contributed by atoms with Gasteiger partial charge in [0, 0.05) is 24.4 Å². The van der Waals surface area contributed by atoms with Crippen LogP contribution in [-0.4, -0.2) is 26.9 Å². The third-order valence-electron chi connectivity index (χ3n) is 4.47. The highest BCUT2D eigenvalue weighted by molar-refractivity contribution is 5.94. The third kappa shape index (κ3) is 3.84. The number of amides is 1. The molecule has 2 aromatic rings. The number of nitrogens with zero attached hydrogens (tertiary/aromatic N) is 2. The summed E-state index contributed by atoms with van der Waals surface area (Å²) in [5.41, 5.74) is 0.163. The normalized spacial score (nSPS) is 21.5. The molecule has 0 aliphatic heterocycles. The van der Waals surface area contributed by atoms with Crippen LogP contribution < -0.4 is 5.32 Å². The van der Waals surface area contributed by atoms with Crippen molar-refractivity contribution in [2.24, 2.45) is 13.0 Å².